The fraction of sp³-hybridized carbons (Fsp3) is 0.600. The van der Waals surface area contributed by atoms with E-state index in [0.717, 1.165) is 18.9 Å². The molecule has 0 radical (unpaired) electrons. The minimum atomic E-state index is 0.507. The first-order valence-corrected chi connectivity index (χ1v) is 7.57. The van der Waals surface area contributed by atoms with Gasteiger partial charge < -0.3 is 5.32 Å². The molecule has 1 N–H and O–H groups in total. The van der Waals surface area contributed by atoms with Gasteiger partial charge in [-0.25, -0.2) is 0 Å². The SMILES string of the molecule is CCC(NCCC1CCC1)c1cccc(Br)c1. The summed E-state index contributed by atoms with van der Waals surface area (Å²) in [5, 5.41) is 3.69. The van der Waals surface area contributed by atoms with E-state index < -0.39 is 0 Å². The molecule has 94 valence electrons. The van der Waals surface area contributed by atoms with Gasteiger partial charge in [-0.05, 0) is 43.0 Å². The molecule has 1 aliphatic rings. The highest BCUT2D eigenvalue weighted by molar-refractivity contribution is 9.10. The van der Waals surface area contributed by atoms with Crippen molar-refractivity contribution in [3.63, 3.8) is 0 Å². The summed E-state index contributed by atoms with van der Waals surface area (Å²) in [7, 11) is 0. The molecule has 0 aromatic heterocycles. The van der Waals surface area contributed by atoms with E-state index >= 15 is 0 Å². The molecule has 0 spiro atoms. The summed E-state index contributed by atoms with van der Waals surface area (Å²) in [4.78, 5) is 0. The molecule has 0 aliphatic heterocycles. The largest absolute Gasteiger partial charge is 0.310 e. The van der Waals surface area contributed by atoms with E-state index in [0.29, 0.717) is 6.04 Å². The summed E-state index contributed by atoms with van der Waals surface area (Å²) in [5.74, 6) is 1.00. The Morgan fingerprint density at radius 2 is 2.24 bits per heavy atom. The van der Waals surface area contributed by atoms with Crippen molar-refractivity contribution in [3.05, 3.63) is 34.3 Å². The van der Waals surface area contributed by atoms with Crippen molar-refractivity contribution in [1.29, 1.82) is 0 Å². The Morgan fingerprint density at radius 3 is 2.82 bits per heavy atom. The van der Waals surface area contributed by atoms with E-state index in [2.05, 4.69) is 52.4 Å². The summed E-state index contributed by atoms with van der Waals surface area (Å²) in [6, 6.07) is 9.16. The Balaban J connectivity index is 1.82. The van der Waals surface area contributed by atoms with E-state index in [1.54, 1.807) is 0 Å². The lowest BCUT2D eigenvalue weighted by Gasteiger charge is -2.26. The summed E-state index contributed by atoms with van der Waals surface area (Å²) in [6.07, 6.45) is 6.86. The second-order valence-corrected chi connectivity index (χ2v) is 5.97. The fourth-order valence-corrected chi connectivity index (χ4v) is 2.88. The van der Waals surface area contributed by atoms with Crippen molar-refractivity contribution in [1.82, 2.24) is 5.32 Å². The van der Waals surface area contributed by atoms with Crippen LogP contribution >= 0.6 is 15.9 Å². The zero-order valence-electron chi connectivity index (χ0n) is 10.6. The van der Waals surface area contributed by atoms with Gasteiger partial charge in [0.15, 0.2) is 0 Å². The maximum Gasteiger partial charge on any atom is 0.0318 e. The fourth-order valence-electron chi connectivity index (χ4n) is 2.46. The third kappa shape index (κ3) is 3.82. The number of halogens is 1. The normalized spacial score (nSPS) is 17.8. The monoisotopic (exact) mass is 295 g/mol. The van der Waals surface area contributed by atoms with Crippen molar-refractivity contribution in [2.75, 3.05) is 6.54 Å². The van der Waals surface area contributed by atoms with Gasteiger partial charge in [-0.1, -0.05) is 54.2 Å². The molecule has 1 aromatic carbocycles. The first kappa shape index (κ1) is 13.1. The molecular formula is C15H22BrN. The van der Waals surface area contributed by atoms with Crippen LogP contribution in [-0.2, 0) is 0 Å². The van der Waals surface area contributed by atoms with E-state index in [9.17, 15) is 0 Å². The number of hydrogen-bond acceptors (Lipinski definition) is 1. The Hall–Kier alpha value is -0.340. The lowest BCUT2D eigenvalue weighted by atomic mass is 9.83. The summed E-state index contributed by atoms with van der Waals surface area (Å²) in [6.45, 7) is 3.41. The van der Waals surface area contributed by atoms with Gasteiger partial charge >= 0.3 is 0 Å². The minimum Gasteiger partial charge on any atom is -0.310 e. The van der Waals surface area contributed by atoms with Crippen LogP contribution in [-0.4, -0.2) is 6.54 Å². The Morgan fingerprint density at radius 1 is 1.41 bits per heavy atom. The van der Waals surface area contributed by atoms with Crippen molar-refractivity contribution in [3.8, 4) is 0 Å². The lowest BCUT2D eigenvalue weighted by molar-refractivity contribution is 0.287. The molecule has 1 nitrogen and oxygen atoms in total. The van der Waals surface area contributed by atoms with Crippen LogP contribution in [0.2, 0.25) is 0 Å². The van der Waals surface area contributed by atoms with Gasteiger partial charge in [0, 0.05) is 10.5 Å². The van der Waals surface area contributed by atoms with Gasteiger partial charge in [0.1, 0.15) is 0 Å². The van der Waals surface area contributed by atoms with Crippen LogP contribution in [0.3, 0.4) is 0 Å². The molecular weight excluding hydrogens is 274 g/mol. The van der Waals surface area contributed by atoms with Crippen LogP contribution in [0.1, 0.15) is 50.6 Å². The number of rotatable bonds is 6. The molecule has 1 saturated carbocycles. The van der Waals surface area contributed by atoms with E-state index in [1.807, 2.05) is 0 Å². The van der Waals surface area contributed by atoms with Gasteiger partial charge in [0.2, 0.25) is 0 Å². The van der Waals surface area contributed by atoms with E-state index in [1.165, 1.54) is 35.7 Å². The number of nitrogens with one attached hydrogen (secondary N) is 1. The highest BCUT2D eigenvalue weighted by Crippen LogP contribution is 2.29. The number of benzene rings is 1. The van der Waals surface area contributed by atoms with Crippen molar-refractivity contribution < 1.29 is 0 Å². The quantitative estimate of drug-likeness (QED) is 0.803. The average molecular weight is 296 g/mol. The molecule has 0 amide bonds. The average Bonchev–Trinajstić information content (AvgIpc) is 2.27. The molecule has 1 unspecified atom stereocenters. The summed E-state index contributed by atoms with van der Waals surface area (Å²) >= 11 is 3.54. The zero-order valence-corrected chi connectivity index (χ0v) is 12.2. The van der Waals surface area contributed by atoms with Gasteiger partial charge in [0.25, 0.3) is 0 Å². The second kappa shape index (κ2) is 6.55. The standard InChI is InChI=1S/C15H22BrN/c1-2-15(13-7-4-8-14(16)11-13)17-10-9-12-5-3-6-12/h4,7-8,11-12,15,17H,2-3,5-6,9-10H2,1H3. The highest BCUT2D eigenvalue weighted by atomic mass is 79.9. The predicted molar refractivity (Wildman–Crippen MR) is 77.1 cm³/mol. The van der Waals surface area contributed by atoms with Crippen LogP contribution in [0.4, 0.5) is 0 Å². The predicted octanol–water partition coefficient (Wildman–Crippen LogP) is 4.68. The molecule has 0 bridgehead atoms. The van der Waals surface area contributed by atoms with Crippen LogP contribution in [0.15, 0.2) is 28.7 Å². The van der Waals surface area contributed by atoms with Crippen LogP contribution in [0.5, 0.6) is 0 Å². The Bertz CT molecular complexity index is 347. The molecule has 2 rings (SSSR count). The maximum atomic E-state index is 3.69. The van der Waals surface area contributed by atoms with E-state index in [-0.39, 0.29) is 0 Å². The topological polar surface area (TPSA) is 12.0 Å². The van der Waals surface area contributed by atoms with Crippen LogP contribution in [0, 0.1) is 5.92 Å². The minimum absolute atomic E-state index is 0.507. The van der Waals surface area contributed by atoms with Gasteiger partial charge in [-0.15, -0.1) is 0 Å². The smallest absolute Gasteiger partial charge is 0.0318 e. The summed E-state index contributed by atoms with van der Waals surface area (Å²) in [5.41, 5.74) is 1.40. The van der Waals surface area contributed by atoms with Gasteiger partial charge in [0.05, 0.1) is 0 Å². The first-order valence-electron chi connectivity index (χ1n) is 6.78. The number of hydrogen-bond donors (Lipinski definition) is 1. The second-order valence-electron chi connectivity index (χ2n) is 5.06. The van der Waals surface area contributed by atoms with Gasteiger partial charge in [-0.3, -0.25) is 0 Å². The first-order chi connectivity index (χ1) is 8.29. The lowest BCUT2D eigenvalue weighted by Crippen LogP contribution is -2.25. The van der Waals surface area contributed by atoms with Crippen LogP contribution in [0.25, 0.3) is 0 Å². The summed E-state index contributed by atoms with van der Waals surface area (Å²) < 4.78 is 1.18. The molecule has 2 heteroatoms. The molecule has 1 aliphatic carbocycles. The highest BCUT2D eigenvalue weighted by Gasteiger charge is 2.17. The molecule has 0 saturated heterocycles. The Kier molecular flexibility index (Phi) is 5.05. The van der Waals surface area contributed by atoms with Gasteiger partial charge in [-0.2, -0.15) is 0 Å². The third-order valence-corrected chi connectivity index (χ3v) is 4.32. The maximum absolute atomic E-state index is 3.69. The molecule has 1 atom stereocenters. The molecule has 1 fully saturated rings. The zero-order chi connectivity index (χ0) is 12.1. The van der Waals surface area contributed by atoms with E-state index in [4.69, 9.17) is 0 Å². The van der Waals surface area contributed by atoms with Crippen molar-refractivity contribution >= 4 is 15.9 Å². The van der Waals surface area contributed by atoms with Crippen LogP contribution < -0.4 is 5.32 Å². The molecule has 0 heterocycles. The third-order valence-electron chi connectivity index (χ3n) is 3.83. The molecule has 17 heavy (non-hydrogen) atoms. The van der Waals surface area contributed by atoms with Crippen molar-refractivity contribution in [2.24, 2.45) is 5.92 Å². The molecule has 1 aromatic rings. The Labute approximate surface area is 113 Å². The van der Waals surface area contributed by atoms with Crippen molar-refractivity contribution in [2.45, 2.75) is 45.1 Å².